The molecule has 1 heterocycles. The van der Waals surface area contributed by atoms with Crippen LogP contribution in [-0.4, -0.2) is 38.2 Å². The van der Waals surface area contributed by atoms with Gasteiger partial charge in [0.15, 0.2) is 23.8 Å². The van der Waals surface area contributed by atoms with Crippen molar-refractivity contribution < 1.29 is 32.9 Å². The Balaban J connectivity index is 1.93. The van der Waals surface area contributed by atoms with Crippen LogP contribution in [0.3, 0.4) is 0 Å². The molecule has 2 aromatic rings. The van der Waals surface area contributed by atoms with Crippen LogP contribution in [-0.2, 0) is 19.1 Å². The average Bonchev–Trinajstić information content (AvgIpc) is 3.07. The van der Waals surface area contributed by atoms with Crippen molar-refractivity contribution in [2.75, 3.05) is 20.3 Å². The molecule has 3 rings (SSSR count). The molecule has 7 nitrogen and oxygen atoms in total. The molecule has 0 fully saturated rings. The molecule has 0 bridgehead atoms. The fraction of sp³-hybridized carbons (Fsp3) is 0.190. The number of rotatable bonds is 7. The number of hydrogen-bond donors (Lipinski definition) is 0. The van der Waals surface area contributed by atoms with Crippen molar-refractivity contribution >= 4 is 39.8 Å². The van der Waals surface area contributed by atoms with Gasteiger partial charge in [-0.15, -0.1) is 0 Å². The fourth-order valence-electron chi connectivity index (χ4n) is 2.58. The first kappa shape index (κ1) is 21.5. The molecular formula is C21H17BrFNO6. The summed E-state index contributed by atoms with van der Waals surface area (Å²) >= 11 is 3.37. The lowest BCUT2D eigenvalue weighted by atomic mass is 10.1. The number of methoxy groups -OCH3 is 1. The van der Waals surface area contributed by atoms with E-state index < -0.39 is 17.8 Å². The summed E-state index contributed by atoms with van der Waals surface area (Å²) < 4.78 is 35.2. The Morgan fingerprint density at radius 2 is 2.03 bits per heavy atom. The molecule has 0 radical (unpaired) electrons. The van der Waals surface area contributed by atoms with E-state index in [-0.39, 0.29) is 23.8 Å². The number of aliphatic imine (C=N–C) groups is 1. The molecule has 30 heavy (non-hydrogen) atoms. The summed E-state index contributed by atoms with van der Waals surface area (Å²) in [6, 6.07) is 9.16. The van der Waals surface area contributed by atoms with Gasteiger partial charge in [-0.05, 0) is 58.8 Å². The summed E-state index contributed by atoms with van der Waals surface area (Å²) in [5, 5.41) is 0. The van der Waals surface area contributed by atoms with Gasteiger partial charge in [-0.3, -0.25) is 0 Å². The molecular weight excluding hydrogens is 461 g/mol. The van der Waals surface area contributed by atoms with Crippen LogP contribution < -0.4 is 9.47 Å². The number of benzene rings is 2. The monoisotopic (exact) mass is 477 g/mol. The van der Waals surface area contributed by atoms with Gasteiger partial charge < -0.3 is 18.9 Å². The van der Waals surface area contributed by atoms with Gasteiger partial charge in [0.05, 0.1) is 23.8 Å². The van der Waals surface area contributed by atoms with Crippen LogP contribution in [0.4, 0.5) is 4.39 Å². The topological polar surface area (TPSA) is 83.4 Å². The van der Waals surface area contributed by atoms with Crippen molar-refractivity contribution in [1.82, 2.24) is 0 Å². The van der Waals surface area contributed by atoms with Gasteiger partial charge in [0.25, 0.3) is 0 Å². The Hall–Kier alpha value is -3.20. The second-order valence-corrected chi connectivity index (χ2v) is 6.80. The van der Waals surface area contributed by atoms with Crippen molar-refractivity contribution in [3.05, 3.63) is 63.5 Å². The number of carbonyl (C=O) groups is 2. The first-order chi connectivity index (χ1) is 14.4. The summed E-state index contributed by atoms with van der Waals surface area (Å²) in [7, 11) is 1.26. The van der Waals surface area contributed by atoms with Crippen LogP contribution in [0.25, 0.3) is 6.08 Å². The molecule has 156 valence electrons. The maximum atomic E-state index is 14.0. The summed E-state index contributed by atoms with van der Waals surface area (Å²) in [4.78, 5) is 27.7. The Labute approximate surface area is 180 Å². The number of ether oxygens (including phenoxy) is 4. The van der Waals surface area contributed by atoms with Crippen LogP contribution in [0.1, 0.15) is 18.1 Å². The Kier molecular flexibility index (Phi) is 6.83. The molecule has 0 atom stereocenters. The van der Waals surface area contributed by atoms with Crippen LogP contribution in [0, 0.1) is 5.82 Å². The van der Waals surface area contributed by atoms with Crippen molar-refractivity contribution in [2.24, 2.45) is 4.99 Å². The third-order valence-corrected chi connectivity index (χ3v) is 4.51. The fourth-order valence-corrected chi connectivity index (χ4v) is 3.16. The predicted molar refractivity (Wildman–Crippen MR) is 110 cm³/mol. The molecule has 9 heteroatoms. The molecule has 0 saturated carbocycles. The van der Waals surface area contributed by atoms with E-state index in [0.717, 1.165) is 0 Å². The molecule has 1 aliphatic rings. The quantitative estimate of drug-likeness (QED) is 0.444. The van der Waals surface area contributed by atoms with Gasteiger partial charge in [0, 0.05) is 0 Å². The average molecular weight is 478 g/mol. The number of esters is 2. The first-order valence-electron chi connectivity index (χ1n) is 8.86. The first-order valence-corrected chi connectivity index (χ1v) is 9.65. The van der Waals surface area contributed by atoms with Gasteiger partial charge >= 0.3 is 11.9 Å². The summed E-state index contributed by atoms with van der Waals surface area (Å²) in [5.74, 6) is -1.22. The normalized spacial score (nSPS) is 14.3. The van der Waals surface area contributed by atoms with Crippen LogP contribution in [0.15, 0.2) is 51.6 Å². The van der Waals surface area contributed by atoms with Crippen molar-refractivity contribution in [3.8, 4) is 11.5 Å². The SMILES string of the molecule is CCOc1cc(/C=C2\N=C(c3ccccc3F)OC2=O)cc(Br)c1OCC(=O)OC. The third-order valence-electron chi connectivity index (χ3n) is 3.92. The summed E-state index contributed by atoms with van der Waals surface area (Å²) in [6.45, 7) is 1.85. The highest BCUT2D eigenvalue weighted by Gasteiger charge is 2.26. The van der Waals surface area contributed by atoms with Gasteiger partial charge in [-0.2, -0.15) is 0 Å². The minimum Gasteiger partial charge on any atom is -0.490 e. The zero-order chi connectivity index (χ0) is 21.7. The molecule has 0 unspecified atom stereocenters. The number of nitrogens with zero attached hydrogens (tertiary/aromatic N) is 1. The number of hydrogen-bond acceptors (Lipinski definition) is 7. The van der Waals surface area contributed by atoms with E-state index >= 15 is 0 Å². The van der Waals surface area contributed by atoms with Crippen LogP contribution in [0.5, 0.6) is 11.5 Å². The zero-order valence-electron chi connectivity index (χ0n) is 16.1. The van der Waals surface area contributed by atoms with Crippen molar-refractivity contribution in [2.45, 2.75) is 6.92 Å². The minimum absolute atomic E-state index is 0.00540. The van der Waals surface area contributed by atoms with Gasteiger partial charge in [0.2, 0.25) is 5.90 Å². The van der Waals surface area contributed by atoms with Gasteiger partial charge in [0.1, 0.15) is 5.82 Å². The lowest BCUT2D eigenvalue weighted by Crippen LogP contribution is -2.13. The second-order valence-electron chi connectivity index (χ2n) is 5.94. The van der Waals surface area contributed by atoms with Gasteiger partial charge in [-0.25, -0.2) is 19.0 Å². The third kappa shape index (κ3) is 4.85. The molecule has 0 spiro atoms. The smallest absolute Gasteiger partial charge is 0.363 e. The molecule has 0 N–H and O–H groups in total. The van der Waals surface area contributed by atoms with Crippen molar-refractivity contribution in [3.63, 3.8) is 0 Å². The highest BCUT2D eigenvalue weighted by Crippen LogP contribution is 2.38. The lowest BCUT2D eigenvalue weighted by molar-refractivity contribution is -0.143. The second kappa shape index (κ2) is 9.53. The van der Waals surface area contributed by atoms with Crippen LogP contribution in [0.2, 0.25) is 0 Å². The Morgan fingerprint density at radius 1 is 1.27 bits per heavy atom. The van der Waals surface area contributed by atoms with E-state index in [1.54, 1.807) is 25.1 Å². The highest BCUT2D eigenvalue weighted by molar-refractivity contribution is 9.10. The van der Waals surface area contributed by atoms with E-state index in [1.165, 1.54) is 31.4 Å². The summed E-state index contributed by atoms with van der Waals surface area (Å²) in [5.41, 5.74) is 0.657. The molecule has 0 aliphatic carbocycles. The van der Waals surface area contributed by atoms with Crippen LogP contribution >= 0.6 is 15.9 Å². The van der Waals surface area contributed by atoms with E-state index in [9.17, 15) is 14.0 Å². The zero-order valence-corrected chi connectivity index (χ0v) is 17.7. The Bertz CT molecular complexity index is 1050. The van der Waals surface area contributed by atoms with E-state index in [4.69, 9.17) is 14.2 Å². The number of halogens is 2. The van der Waals surface area contributed by atoms with E-state index in [1.807, 2.05) is 0 Å². The van der Waals surface area contributed by atoms with Crippen molar-refractivity contribution in [1.29, 1.82) is 0 Å². The van der Waals surface area contributed by atoms with E-state index in [2.05, 4.69) is 25.7 Å². The summed E-state index contributed by atoms with van der Waals surface area (Å²) in [6.07, 6.45) is 1.48. The highest BCUT2D eigenvalue weighted by atomic mass is 79.9. The largest absolute Gasteiger partial charge is 0.490 e. The predicted octanol–water partition coefficient (Wildman–Crippen LogP) is 3.88. The maximum absolute atomic E-state index is 14.0. The minimum atomic E-state index is -0.701. The molecule has 0 amide bonds. The molecule has 0 saturated heterocycles. The Morgan fingerprint density at radius 3 is 2.73 bits per heavy atom. The van der Waals surface area contributed by atoms with E-state index in [0.29, 0.717) is 28.1 Å². The number of carbonyl (C=O) groups excluding carboxylic acids is 2. The van der Waals surface area contributed by atoms with Gasteiger partial charge in [-0.1, -0.05) is 12.1 Å². The number of cyclic esters (lactones) is 1. The standard InChI is InChI=1S/C21H17BrFNO6/c1-3-28-17-10-12(8-14(22)19(17)29-11-18(25)27-2)9-16-21(26)30-20(24-16)13-6-4-5-7-15(13)23/h4-10H,3,11H2,1-2H3/b16-9-. The lowest BCUT2D eigenvalue weighted by Gasteiger charge is -2.14. The maximum Gasteiger partial charge on any atom is 0.363 e. The molecule has 1 aliphatic heterocycles. The molecule has 0 aromatic heterocycles. The molecule has 2 aromatic carbocycles.